The molecule has 0 bridgehead atoms. The van der Waals surface area contributed by atoms with Gasteiger partial charge in [0.1, 0.15) is 13.2 Å². The molecule has 2 aromatic rings. The molecular formula is C21H28N2O2. The van der Waals surface area contributed by atoms with Crippen LogP contribution in [0.5, 0.6) is 0 Å². The Morgan fingerprint density at radius 2 is 1.40 bits per heavy atom. The Kier molecular flexibility index (Phi) is 14.5. The Balaban J connectivity index is 0.000000346. The largest absolute Gasteiger partial charge is 0.375 e. The number of methoxy groups -OCH3 is 1. The molecule has 0 aliphatic heterocycles. The third kappa shape index (κ3) is 13.5. The van der Waals surface area contributed by atoms with Crippen LogP contribution in [0.3, 0.4) is 0 Å². The highest BCUT2D eigenvalue weighted by molar-refractivity contribution is 5.77. The minimum absolute atomic E-state index is 0.0156. The minimum Gasteiger partial charge on any atom is -0.375 e. The fourth-order valence-corrected chi connectivity index (χ4v) is 1.75. The fraction of sp³-hybridized carbons (Fsp3) is 0.333. The highest BCUT2D eigenvalue weighted by atomic mass is 16.5. The van der Waals surface area contributed by atoms with Crippen LogP contribution in [0.2, 0.25) is 0 Å². The van der Waals surface area contributed by atoms with Gasteiger partial charge in [0.2, 0.25) is 5.91 Å². The van der Waals surface area contributed by atoms with Crippen LogP contribution < -0.4 is 5.32 Å². The molecule has 0 saturated heterocycles. The smallest absolute Gasteiger partial charge is 0.246 e. The summed E-state index contributed by atoms with van der Waals surface area (Å²) in [5.74, 6) is -0.265. The molecule has 134 valence electrons. The molecule has 1 N–H and O–H groups in total. The molecule has 2 rings (SSSR count). The lowest BCUT2D eigenvalue weighted by Crippen LogP contribution is -2.27. The summed E-state index contributed by atoms with van der Waals surface area (Å²) in [6, 6.07) is 22.7. The first-order valence-corrected chi connectivity index (χ1v) is 8.38. The number of nitrogens with zero attached hydrogens (tertiary/aromatic N) is 1. The molecule has 4 nitrogen and oxygen atoms in total. The van der Waals surface area contributed by atoms with Crippen molar-refractivity contribution in [1.29, 1.82) is 5.26 Å². The summed E-state index contributed by atoms with van der Waals surface area (Å²) < 4.78 is 4.48. The molecule has 4 heteroatoms. The van der Waals surface area contributed by atoms with Crippen LogP contribution in [0.25, 0.3) is 0 Å². The van der Waals surface area contributed by atoms with Crippen LogP contribution in [-0.2, 0) is 22.4 Å². The summed E-state index contributed by atoms with van der Waals surface area (Å²) in [5.41, 5.74) is 2.82. The molecule has 2 aromatic carbocycles. The van der Waals surface area contributed by atoms with Crippen LogP contribution in [-0.4, -0.2) is 26.2 Å². The standard InChI is InChI=1S/2C8H10.C5H8N2O2/c2*1-2-8-6-4-3-5-7-8;1-9-4-5(8)7-3-2-6/h2*3-7H,2H2,1H3;3-4H2,1H3,(H,7,8). The summed E-state index contributed by atoms with van der Waals surface area (Å²) in [7, 11) is 1.42. The second-order valence-electron chi connectivity index (χ2n) is 5.05. The van der Waals surface area contributed by atoms with Crippen molar-refractivity contribution < 1.29 is 9.53 Å². The third-order valence-corrected chi connectivity index (χ3v) is 3.14. The predicted octanol–water partition coefficient (Wildman–Crippen LogP) is 3.77. The maximum atomic E-state index is 10.4. The molecule has 25 heavy (non-hydrogen) atoms. The molecule has 0 spiro atoms. The monoisotopic (exact) mass is 340 g/mol. The number of carbonyl (C=O) groups is 1. The highest BCUT2D eigenvalue weighted by Crippen LogP contribution is 1.97. The Hall–Kier alpha value is -2.64. The zero-order chi connectivity index (χ0) is 18.8. The Morgan fingerprint density at radius 3 is 1.68 bits per heavy atom. The molecule has 0 aliphatic carbocycles. The van der Waals surface area contributed by atoms with Crippen molar-refractivity contribution in [3.8, 4) is 6.07 Å². The van der Waals surface area contributed by atoms with Crippen LogP contribution in [0.15, 0.2) is 60.7 Å². The van der Waals surface area contributed by atoms with Gasteiger partial charge in [-0.3, -0.25) is 4.79 Å². The van der Waals surface area contributed by atoms with E-state index in [-0.39, 0.29) is 19.1 Å². The van der Waals surface area contributed by atoms with E-state index in [2.05, 4.69) is 72.4 Å². The maximum absolute atomic E-state index is 10.4. The van der Waals surface area contributed by atoms with Crippen molar-refractivity contribution in [3.05, 3.63) is 71.8 Å². The van der Waals surface area contributed by atoms with E-state index < -0.39 is 0 Å². The third-order valence-electron chi connectivity index (χ3n) is 3.14. The molecule has 0 heterocycles. The quantitative estimate of drug-likeness (QED) is 0.843. The maximum Gasteiger partial charge on any atom is 0.246 e. The molecule has 0 radical (unpaired) electrons. The summed E-state index contributed by atoms with van der Waals surface area (Å²) in [5, 5.41) is 10.3. The van der Waals surface area contributed by atoms with Crippen LogP contribution in [0.1, 0.15) is 25.0 Å². The van der Waals surface area contributed by atoms with Crippen molar-refractivity contribution in [2.75, 3.05) is 20.3 Å². The van der Waals surface area contributed by atoms with Gasteiger partial charge in [-0.1, -0.05) is 74.5 Å². The topological polar surface area (TPSA) is 62.1 Å². The van der Waals surface area contributed by atoms with Gasteiger partial charge in [0.25, 0.3) is 0 Å². The summed E-state index contributed by atoms with van der Waals surface area (Å²) in [6.45, 7) is 4.38. The number of benzene rings is 2. The number of nitrogens with one attached hydrogen (secondary N) is 1. The lowest BCUT2D eigenvalue weighted by molar-refractivity contribution is -0.124. The van der Waals surface area contributed by atoms with E-state index in [0.29, 0.717) is 0 Å². The molecule has 0 atom stereocenters. The number of amides is 1. The minimum atomic E-state index is -0.265. The van der Waals surface area contributed by atoms with E-state index >= 15 is 0 Å². The number of hydrogen-bond donors (Lipinski definition) is 1. The average molecular weight is 340 g/mol. The van der Waals surface area contributed by atoms with E-state index in [1.54, 1.807) is 6.07 Å². The zero-order valence-electron chi connectivity index (χ0n) is 15.4. The molecule has 0 saturated carbocycles. The normalized spacial score (nSPS) is 8.72. The fourth-order valence-electron chi connectivity index (χ4n) is 1.75. The van der Waals surface area contributed by atoms with Gasteiger partial charge in [0.15, 0.2) is 0 Å². The zero-order valence-corrected chi connectivity index (χ0v) is 15.4. The average Bonchev–Trinajstić information content (AvgIpc) is 2.69. The highest BCUT2D eigenvalue weighted by Gasteiger charge is 1.95. The van der Waals surface area contributed by atoms with Crippen molar-refractivity contribution in [1.82, 2.24) is 5.32 Å². The molecule has 0 fully saturated rings. The van der Waals surface area contributed by atoms with Crippen molar-refractivity contribution >= 4 is 5.91 Å². The second kappa shape index (κ2) is 16.2. The number of rotatable bonds is 5. The first-order valence-electron chi connectivity index (χ1n) is 8.38. The Morgan fingerprint density at radius 1 is 0.960 bits per heavy atom. The SMILES string of the molecule is CCc1ccccc1.CCc1ccccc1.COCC(=O)NCC#N. The second-order valence-corrected chi connectivity index (χ2v) is 5.05. The number of hydrogen-bond acceptors (Lipinski definition) is 3. The van der Waals surface area contributed by atoms with Gasteiger partial charge in [0, 0.05) is 7.11 Å². The summed E-state index contributed by atoms with van der Waals surface area (Å²) >= 11 is 0. The molecule has 0 unspecified atom stereocenters. The van der Waals surface area contributed by atoms with Gasteiger partial charge >= 0.3 is 0 Å². The predicted molar refractivity (Wildman–Crippen MR) is 102 cm³/mol. The molecule has 0 aliphatic rings. The summed E-state index contributed by atoms with van der Waals surface area (Å²) in [6.07, 6.45) is 2.28. The van der Waals surface area contributed by atoms with Crippen molar-refractivity contribution in [2.24, 2.45) is 0 Å². The van der Waals surface area contributed by atoms with Gasteiger partial charge in [-0.15, -0.1) is 0 Å². The Bertz CT molecular complexity index is 553. The van der Waals surface area contributed by atoms with E-state index in [9.17, 15) is 4.79 Å². The van der Waals surface area contributed by atoms with Crippen LogP contribution in [0, 0.1) is 11.3 Å². The number of aryl methyl sites for hydroxylation is 2. The lowest BCUT2D eigenvalue weighted by atomic mass is 10.2. The van der Waals surface area contributed by atoms with Gasteiger partial charge in [0.05, 0.1) is 6.07 Å². The first kappa shape index (κ1) is 22.4. The van der Waals surface area contributed by atoms with E-state index in [4.69, 9.17) is 5.26 Å². The van der Waals surface area contributed by atoms with E-state index in [0.717, 1.165) is 12.8 Å². The van der Waals surface area contributed by atoms with Gasteiger partial charge in [-0.25, -0.2) is 0 Å². The van der Waals surface area contributed by atoms with Crippen molar-refractivity contribution in [3.63, 3.8) is 0 Å². The van der Waals surface area contributed by atoms with Crippen LogP contribution >= 0.6 is 0 Å². The molecule has 0 aromatic heterocycles. The lowest BCUT2D eigenvalue weighted by Gasteiger charge is -1.96. The van der Waals surface area contributed by atoms with Crippen LogP contribution in [0.4, 0.5) is 0 Å². The molecule has 1 amide bonds. The van der Waals surface area contributed by atoms with Gasteiger partial charge in [-0.2, -0.15) is 5.26 Å². The Labute approximate surface area is 151 Å². The van der Waals surface area contributed by atoms with Gasteiger partial charge < -0.3 is 10.1 Å². The first-order chi connectivity index (χ1) is 12.2. The van der Waals surface area contributed by atoms with E-state index in [1.165, 1.54) is 18.2 Å². The molecular weight excluding hydrogens is 312 g/mol. The van der Waals surface area contributed by atoms with Crippen molar-refractivity contribution in [2.45, 2.75) is 26.7 Å². The summed E-state index contributed by atoms with van der Waals surface area (Å²) in [4.78, 5) is 10.4. The number of nitriles is 1. The van der Waals surface area contributed by atoms with E-state index in [1.807, 2.05) is 12.1 Å². The number of carbonyl (C=O) groups excluding carboxylic acids is 1. The number of ether oxygens (including phenoxy) is 1. The van der Waals surface area contributed by atoms with Gasteiger partial charge in [-0.05, 0) is 24.0 Å².